The zero-order chi connectivity index (χ0) is 23.1. The molecule has 1 aliphatic heterocycles. The van der Waals surface area contributed by atoms with Gasteiger partial charge in [-0.15, -0.1) is 17.0 Å². The molecule has 0 bridgehead atoms. The number of carbonyl (C=O) groups excluding carboxylic acids is 2. The second-order valence-electron chi connectivity index (χ2n) is 9.16. The van der Waals surface area contributed by atoms with Gasteiger partial charge >= 0.3 is 5.97 Å². The van der Waals surface area contributed by atoms with Crippen LogP contribution in [0.2, 0.25) is 0 Å². The van der Waals surface area contributed by atoms with Crippen molar-refractivity contribution in [3.8, 4) is 0 Å². The van der Waals surface area contributed by atoms with Gasteiger partial charge in [0.05, 0.1) is 0 Å². The molecule has 8 nitrogen and oxygen atoms in total. The van der Waals surface area contributed by atoms with Crippen LogP contribution in [-0.4, -0.2) is 41.3 Å². The lowest BCUT2D eigenvalue weighted by atomic mass is 9.73. The van der Waals surface area contributed by atoms with Crippen molar-refractivity contribution in [2.24, 2.45) is 11.8 Å². The number of esters is 1. The number of carbonyl (C=O) groups is 2. The van der Waals surface area contributed by atoms with E-state index in [9.17, 15) is 14.7 Å². The third kappa shape index (κ3) is 6.25. The summed E-state index contributed by atoms with van der Waals surface area (Å²) in [6.07, 6.45) is 7.01. The third-order valence-electron chi connectivity index (χ3n) is 6.96. The highest BCUT2D eigenvalue weighted by atomic mass is 79.9. The van der Waals surface area contributed by atoms with Crippen LogP contribution in [0.4, 0.5) is 5.82 Å². The number of piperidine rings is 1. The summed E-state index contributed by atoms with van der Waals surface area (Å²) < 4.78 is 10.7. The molecule has 0 radical (unpaired) electrons. The van der Waals surface area contributed by atoms with Crippen LogP contribution in [0, 0.1) is 11.8 Å². The van der Waals surface area contributed by atoms with E-state index in [-0.39, 0.29) is 34.6 Å². The molecule has 2 fully saturated rings. The van der Waals surface area contributed by atoms with Crippen LogP contribution in [0.3, 0.4) is 0 Å². The predicted octanol–water partition coefficient (Wildman–Crippen LogP) is 3.96. The van der Waals surface area contributed by atoms with Crippen molar-refractivity contribution >= 4 is 34.7 Å². The van der Waals surface area contributed by atoms with E-state index in [1.807, 2.05) is 6.07 Å². The van der Waals surface area contributed by atoms with E-state index in [1.54, 1.807) is 24.3 Å². The number of rotatable bonds is 8. The number of aromatic nitrogens is 1. The number of aliphatic hydroxyl groups is 1. The van der Waals surface area contributed by atoms with Crippen molar-refractivity contribution in [2.45, 2.75) is 63.1 Å². The van der Waals surface area contributed by atoms with Gasteiger partial charge in [0, 0.05) is 12.0 Å². The first kappa shape index (κ1) is 26.4. The van der Waals surface area contributed by atoms with Crippen molar-refractivity contribution in [1.82, 2.24) is 10.5 Å². The first-order valence-electron chi connectivity index (χ1n) is 12.0. The Morgan fingerprint density at radius 2 is 1.82 bits per heavy atom. The van der Waals surface area contributed by atoms with Crippen LogP contribution >= 0.6 is 17.0 Å². The van der Waals surface area contributed by atoms with Gasteiger partial charge in [-0.2, -0.15) is 0 Å². The van der Waals surface area contributed by atoms with E-state index in [2.05, 4.69) is 15.8 Å². The fourth-order valence-corrected chi connectivity index (χ4v) is 5.06. The molecule has 1 saturated heterocycles. The number of benzene rings is 1. The van der Waals surface area contributed by atoms with Gasteiger partial charge in [0.1, 0.15) is 6.26 Å². The number of anilines is 1. The van der Waals surface area contributed by atoms with E-state index in [0.717, 1.165) is 58.0 Å². The van der Waals surface area contributed by atoms with Gasteiger partial charge in [-0.1, -0.05) is 54.8 Å². The molecule has 2 aromatic rings. The Labute approximate surface area is 210 Å². The molecule has 34 heavy (non-hydrogen) atoms. The Bertz CT molecular complexity index is 899. The SMILES string of the molecule is Br.O=C(Nc1ccon1)C(CC1CCNCC1)OC(=O)C(O)(c1ccccc1)C1CCCCC1. The van der Waals surface area contributed by atoms with Gasteiger partial charge in [0.2, 0.25) is 0 Å². The largest absolute Gasteiger partial charge is 0.450 e. The Morgan fingerprint density at radius 3 is 2.47 bits per heavy atom. The molecule has 3 N–H and O–H groups in total. The average Bonchev–Trinajstić information content (AvgIpc) is 3.38. The highest BCUT2D eigenvalue weighted by Crippen LogP contribution is 2.41. The minimum atomic E-state index is -1.79. The predicted molar refractivity (Wildman–Crippen MR) is 132 cm³/mol. The molecule has 2 heterocycles. The molecule has 1 saturated carbocycles. The summed E-state index contributed by atoms with van der Waals surface area (Å²) in [6, 6.07) is 10.5. The van der Waals surface area contributed by atoms with E-state index in [0.29, 0.717) is 12.0 Å². The summed E-state index contributed by atoms with van der Waals surface area (Å²) in [4.78, 5) is 26.7. The van der Waals surface area contributed by atoms with Gasteiger partial charge in [-0.3, -0.25) is 4.79 Å². The zero-order valence-electron chi connectivity index (χ0n) is 19.3. The van der Waals surface area contributed by atoms with Gasteiger partial charge in [0.15, 0.2) is 17.5 Å². The van der Waals surface area contributed by atoms with Crippen LogP contribution in [0.25, 0.3) is 0 Å². The van der Waals surface area contributed by atoms with Crippen LogP contribution in [0.1, 0.15) is 56.9 Å². The summed E-state index contributed by atoms with van der Waals surface area (Å²) in [6.45, 7) is 1.73. The Hall–Kier alpha value is -2.23. The molecule has 0 spiro atoms. The second kappa shape index (κ2) is 12.5. The first-order valence-corrected chi connectivity index (χ1v) is 12.0. The molecule has 2 atom stereocenters. The normalized spacial score (nSPS) is 19.9. The maximum Gasteiger partial charge on any atom is 0.343 e. The van der Waals surface area contributed by atoms with Gasteiger partial charge in [-0.25, -0.2) is 4.79 Å². The second-order valence-corrected chi connectivity index (χ2v) is 9.16. The highest BCUT2D eigenvalue weighted by Gasteiger charge is 2.48. The molecule has 186 valence electrons. The van der Waals surface area contributed by atoms with E-state index in [1.165, 1.54) is 12.3 Å². The quantitative estimate of drug-likeness (QED) is 0.438. The number of halogens is 1. The van der Waals surface area contributed by atoms with E-state index >= 15 is 0 Å². The Balaban J connectivity index is 0.00000324. The summed E-state index contributed by atoms with van der Waals surface area (Å²) >= 11 is 0. The summed E-state index contributed by atoms with van der Waals surface area (Å²) in [7, 11) is 0. The van der Waals surface area contributed by atoms with E-state index < -0.39 is 23.6 Å². The monoisotopic (exact) mass is 535 g/mol. The van der Waals surface area contributed by atoms with Crippen molar-refractivity contribution in [3.63, 3.8) is 0 Å². The molecule has 1 amide bonds. The lowest BCUT2D eigenvalue weighted by molar-refractivity contribution is -0.183. The van der Waals surface area contributed by atoms with Crippen molar-refractivity contribution in [2.75, 3.05) is 18.4 Å². The molecule has 1 aromatic heterocycles. The fraction of sp³-hybridized carbons (Fsp3) is 0.560. The molecular weight excluding hydrogens is 502 g/mol. The molecule has 2 unspecified atom stereocenters. The average molecular weight is 536 g/mol. The standard InChI is InChI=1S/C25H33N3O5.BrH/c29-23(27-22-13-16-32-28-22)21(17-18-11-14-26-15-12-18)33-24(30)25(31,19-7-3-1-4-8-19)20-9-5-2-6-10-20;/h1,3-4,7-8,13,16,18,20-21,26,31H,2,5-6,9-12,14-15,17H2,(H,27,28,29);1H. The summed E-state index contributed by atoms with van der Waals surface area (Å²) in [5.41, 5.74) is -1.28. The number of nitrogens with one attached hydrogen (secondary N) is 2. The lowest BCUT2D eigenvalue weighted by Crippen LogP contribution is -2.48. The number of amides is 1. The lowest BCUT2D eigenvalue weighted by Gasteiger charge is -2.38. The smallest absolute Gasteiger partial charge is 0.343 e. The van der Waals surface area contributed by atoms with Crippen molar-refractivity contribution in [3.05, 3.63) is 48.2 Å². The Morgan fingerprint density at radius 1 is 1.12 bits per heavy atom. The minimum Gasteiger partial charge on any atom is -0.450 e. The molecule has 4 rings (SSSR count). The van der Waals surface area contributed by atoms with Gasteiger partial charge in [-0.05, 0) is 56.7 Å². The molecule has 1 aromatic carbocycles. The Kier molecular flexibility index (Phi) is 9.67. The van der Waals surface area contributed by atoms with E-state index in [4.69, 9.17) is 9.26 Å². The van der Waals surface area contributed by atoms with Crippen molar-refractivity contribution < 1.29 is 24.0 Å². The third-order valence-corrected chi connectivity index (χ3v) is 6.96. The highest BCUT2D eigenvalue weighted by molar-refractivity contribution is 8.93. The van der Waals surface area contributed by atoms with Gasteiger partial charge < -0.3 is 25.0 Å². The minimum absolute atomic E-state index is 0. The van der Waals surface area contributed by atoms with Crippen LogP contribution in [0.5, 0.6) is 0 Å². The summed E-state index contributed by atoms with van der Waals surface area (Å²) in [5.74, 6) is -0.965. The number of ether oxygens (including phenoxy) is 1. The maximum absolute atomic E-state index is 13.6. The first-order chi connectivity index (χ1) is 16.1. The van der Waals surface area contributed by atoms with Crippen LogP contribution in [-0.2, 0) is 19.9 Å². The number of hydrogen-bond acceptors (Lipinski definition) is 7. The summed E-state index contributed by atoms with van der Waals surface area (Å²) in [5, 5.41) is 21.5. The number of nitrogens with zero attached hydrogens (tertiary/aromatic N) is 1. The molecular formula is C25H34BrN3O5. The fourth-order valence-electron chi connectivity index (χ4n) is 5.06. The van der Waals surface area contributed by atoms with Gasteiger partial charge in [0.25, 0.3) is 5.91 Å². The van der Waals surface area contributed by atoms with Crippen LogP contribution < -0.4 is 10.6 Å². The molecule has 9 heteroatoms. The maximum atomic E-state index is 13.6. The zero-order valence-corrected chi connectivity index (χ0v) is 21.0. The van der Waals surface area contributed by atoms with Crippen LogP contribution in [0.15, 0.2) is 47.2 Å². The number of hydrogen-bond donors (Lipinski definition) is 3. The molecule has 1 aliphatic carbocycles. The topological polar surface area (TPSA) is 114 Å². The van der Waals surface area contributed by atoms with Crippen molar-refractivity contribution in [1.29, 1.82) is 0 Å². The molecule has 2 aliphatic rings.